The van der Waals surface area contributed by atoms with E-state index in [0.717, 1.165) is 18.2 Å². The maximum absolute atomic E-state index is 15.0. The number of anilines is 1. The minimum atomic E-state index is -5.66. The number of benzene rings is 2. The van der Waals surface area contributed by atoms with Crippen molar-refractivity contribution in [2.75, 3.05) is 19.5 Å². The molecule has 2 amide bonds. The molecule has 0 heterocycles. The lowest BCUT2D eigenvalue weighted by Crippen LogP contribution is -2.42. The number of carbonyl (C=O) groups is 3. The molecule has 2 aromatic rings. The van der Waals surface area contributed by atoms with E-state index < -0.39 is 73.4 Å². The number of carboxylic acids is 1. The van der Waals surface area contributed by atoms with E-state index >= 15 is 0 Å². The normalized spacial score (nSPS) is 25.0. The predicted molar refractivity (Wildman–Crippen MR) is 155 cm³/mol. The van der Waals surface area contributed by atoms with E-state index in [1.807, 2.05) is 0 Å². The van der Waals surface area contributed by atoms with Crippen molar-refractivity contribution in [3.63, 3.8) is 0 Å². The van der Waals surface area contributed by atoms with E-state index in [2.05, 4.69) is 10.6 Å². The van der Waals surface area contributed by atoms with Gasteiger partial charge in [0.2, 0.25) is 5.91 Å². The first-order chi connectivity index (χ1) is 21.5. The number of methoxy groups -OCH3 is 2. The van der Waals surface area contributed by atoms with Gasteiger partial charge >= 0.3 is 11.5 Å². The minimum Gasteiger partial charge on any atom is -0.496 e. The summed E-state index contributed by atoms with van der Waals surface area (Å²) in [6, 6.07) is 5.03. The molecule has 0 aliphatic heterocycles. The zero-order valence-corrected chi connectivity index (χ0v) is 26.0. The largest absolute Gasteiger partial charge is 0.501 e. The van der Waals surface area contributed by atoms with Crippen molar-refractivity contribution in [1.82, 2.24) is 5.32 Å². The van der Waals surface area contributed by atoms with Crippen molar-refractivity contribution in [3.05, 3.63) is 47.8 Å². The molecule has 2 aliphatic rings. The molecular formula is C30H34F4N2O9S. The molecule has 3 atom stereocenters. The number of hydrogen-bond acceptors (Lipinski definition) is 8. The summed E-state index contributed by atoms with van der Waals surface area (Å²) in [5.41, 5.74) is -6.74. The maximum Gasteiger partial charge on any atom is 0.501 e. The first-order valence-electron chi connectivity index (χ1n) is 14.3. The van der Waals surface area contributed by atoms with Crippen molar-refractivity contribution in [2.45, 2.75) is 74.1 Å². The summed E-state index contributed by atoms with van der Waals surface area (Å²) < 4.78 is 94.2. The van der Waals surface area contributed by atoms with E-state index in [-0.39, 0.29) is 35.6 Å². The van der Waals surface area contributed by atoms with Gasteiger partial charge in [-0.05, 0) is 69.7 Å². The SMILES string of the molecule is COc1cc(F)c(OC2CCC(C)(C(=O)O)CC2)cc1C(=O)N[C@@H]1C[C@H](OC)C[C@@H]1C(=O)Nc1cccc(S(=O)(=O)C(F)(F)F)c1. The summed E-state index contributed by atoms with van der Waals surface area (Å²) in [4.78, 5) is 37.3. The van der Waals surface area contributed by atoms with Gasteiger partial charge in [-0.1, -0.05) is 6.07 Å². The van der Waals surface area contributed by atoms with Crippen molar-refractivity contribution in [1.29, 1.82) is 0 Å². The van der Waals surface area contributed by atoms with Crippen LogP contribution in [-0.2, 0) is 24.2 Å². The van der Waals surface area contributed by atoms with Crippen molar-refractivity contribution in [3.8, 4) is 11.5 Å². The van der Waals surface area contributed by atoms with Gasteiger partial charge in [0, 0.05) is 24.9 Å². The smallest absolute Gasteiger partial charge is 0.496 e. The zero-order chi connectivity index (χ0) is 34.0. The molecule has 2 aromatic carbocycles. The van der Waals surface area contributed by atoms with Crippen LogP contribution < -0.4 is 20.1 Å². The van der Waals surface area contributed by atoms with Crippen LogP contribution >= 0.6 is 0 Å². The second kappa shape index (κ2) is 13.4. The number of carbonyl (C=O) groups excluding carboxylic acids is 2. The van der Waals surface area contributed by atoms with Crippen LogP contribution in [0.2, 0.25) is 0 Å². The first kappa shape index (κ1) is 34.9. The highest BCUT2D eigenvalue weighted by Crippen LogP contribution is 2.39. The van der Waals surface area contributed by atoms with E-state index in [1.165, 1.54) is 26.4 Å². The van der Waals surface area contributed by atoms with Gasteiger partial charge in [-0.25, -0.2) is 12.8 Å². The Hall–Kier alpha value is -3.92. The van der Waals surface area contributed by atoms with Gasteiger partial charge in [0.25, 0.3) is 15.7 Å². The molecule has 2 saturated carbocycles. The van der Waals surface area contributed by atoms with Gasteiger partial charge in [0.15, 0.2) is 11.6 Å². The maximum atomic E-state index is 15.0. The third kappa shape index (κ3) is 7.38. The number of ether oxygens (including phenoxy) is 3. The highest BCUT2D eigenvalue weighted by molar-refractivity contribution is 7.92. The molecule has 0 spiro atoms. The van der Waals surface area contributed by atoms with Gasteiger partial charge in [0.05, 0.1) is 41.1 Å². The molecule has 0 bridgehead atoms. The molecule has 16 heteroatoms. The number of aliphatic carboxylic acids is 1. The topological polar surface area (TPSA) is 157 Å². The predicted octanol–water partition coefficient (Wildman–Crippen LogP) is 4.70. The standard InChI is InChI=1S/C30H34F4N2O9S/c1-29(28(39)40)9-7-17(8-10-29)45-25-14-21(24(44-3)15-22(25)31)27(38)36-23-13-18(43-2)12-20(23)26(37)35-16-5-4-6-19(11-16)46(41,42)30(32,33)34/h4-6,11,14-15,17-18,20,23H,7-10,12-13H2,1-3H3,(H,35,37)(H,36,38)(H,39,40)/t17?,18-,20+,23-,29?/m1/s1. The van der Waals surface area contributed by atoms with Gasteiger partial charge < -0.3 is 30.0 Å². The van der Waals surface area contributed by atoms with Gasteiger partial charge in [-0.3, -0.25) is 14.4 Å². The van der Waals surface area contributed by atoms with Crippen LogP contribution in [0.15, 0.2) is 41.3 Å². The van der Waals surface area contributed by atoms with Crippen LogP contribution in [0.1, 0.15) is 55.8 Å². The lowest BCUT2D eigenvalue weighted by Gasteiger charge is -2.34. The molecule has 3 N–H and O–H groups in total. The summed E-state index contributed by atoms with van der Waals surface area (Å²) in [6.45, 7) is 1.64. The summed E-state index contributed by atoms with van der Waals surface area (Å²) in [6.07, 6.45) is 0.713. The van der Waals surface area contributed by atoms with E-state index in [1.54, 1.807) is 6.92 Å². The summed E-state index contributed by atoms with van der Waals surface area (Å²) >= 11 is 0. The Morgan fingerprint density at radius 1 is 1.00 bits per heavy atom. The van der Waals surface area contributed by atoms with Crippen LogP contribution in [0.3, 0.4) is 0 Å². The second-order valence-corrected chi connectivity index (χ2v) is 13.6. The monoisotopic (exact) mass is 674 g/mol. The fourth-order valence-corrected chi connectivity index (χ4v) is 6.51. The van der Waals surface area contributed by atoms with Crippen molar-refractivity contribution >= 4 is 33.3 Å². The molecule has 252 valence electrons. The van der Waals surface area contributed by atoms with E-state index in [4.69, 9.17) is 14.2 Å². The Kier molecular flexibility index (Phi) is 10.2. The fraction of sp³-hybridized carbons (Fsp3) is 0.500. The molecule has 2 aliphatic carbocycles. The van der Waals surface area contributed by atoms with Crippen molar-refractivity contribution < 1.29 is 59.7 Å². The number of hydrogen-bond donors (Lipinski definition) is 3. The average Bonchev–Trinajstić information content (AvgIpc) is 3.41. The van der Waals surface area contributed by atoms with Gasteiger partial charge in [-0.15, -0.1) is 0 Å². The number of halogens is 4. The number of sulfone groups is 1. The van der Waals surface area contributed by atoms with Crippen LogP contribution in [0, 0.1) is 17.2 Å². The molecule has 0 saturated heterocycles. The Morgan fingerprint density at radius 3 is 2.26 bits per heavy atom. The Labute approximate surface area is 262 Å². The number of amides is 2. The van der Waals surface area contributed by atoms with Crippen LogP contribution in [-0.4, -0.2) is 69.3 Å². The lowest BCUT2D eigenvalue weighted by molar-refractivity contribution is -0.150. The summed E-state index contributed by atoms with van der Waals surface area (Å²) in [5.74, 6) is -4.45. The Balaban J connectivity index is 1.51. The first-order valence-corrected chi connectivity index (χ1v) is 15.8. The van der Waals surface area contributed by atoms with E-state index in [0.29, 0.717) is 31.7 Å². The lowest BCUT2D eigenvalue weighted by atomic mass is 9.75. The van der Waals surface area contributed by atoms with Crippen LogP contribution in [0.5, 0.6) is 11.5 Å². The van der Waals surface area contributed by atoms with Crippen LogP contribution in [0.25, 0.3) is 0 Å². The molecular weight excluding hydrogens is 640 g/mol. The van der Waals surface area contributed by atoms with Crippen molar-refractivity contribution in [2.24, 2.45) is 11.3 Å². The quantitative estimate of drug-likeness (QED) is 0.304. The Morgan fingerprint density at radius 2 is 1.67 bits per heavy atom. The molecule has 0 radical (unpaired) electrons. The molecule has 4 rings (SSSR count). The molecule has 0 unspecified atom stereocenters. The molecule has 46 heavy (non-hydrogen) atoms. The zero-order valence-electron chi connectivity index (χ0n) is 25.1. The third-order valence-electron chi connectivity index (χ3n) is 8.57. The van der Waals surface area contributed by atoms with Gasteiger partial charge in [-0.2, -0.15) is 13.2 Å². The van der Waals surface area contributed by atoms with Crippen LogP contribution in [0.4, 0.5) is 23.2 Å². The number of carboxylic acid groups (broad SMARTS) is 1. The highest BCUT2D eigenvalue weighted by atomic mass is 32.2. The third-order valence-corrected chi connectivity index (χ3v) is 10.1. The average molecular weight is 675 g/mol. The highest BCUT2D eigenvalue weighted by Gasteiger charge is 2.47. The number of alkyl halides is 3. The minimum absolute atomic E-state index is 0.102. The molecule has 11 nitrogen and oxygen atoms in total. The molecule has 0 aromatic heterocycles. The fourth-order valence-electron chi connectivity index (χ4n) is 5.70. The summed E-state index contributed by atoms with van der Waals surface area (Å²) in [7, 11) is -3.01. The number of nitrogens with one attached hydrogen (secondary N) is 2. The van der Waals surface area contributed by atoms with Gasteiger partial charge in [0.1, 0.15) is 5.75 Å². The summed E-state index contributed by atoms with van der Waals surface area (Å²) in [5, 5.41) is 14.6. The number of rotatable bonds is 10. The van der Waals surface area contributed by atoms with E-state index in [9.17, 15) is 45.5 Å². The second-order valence-electron chi connectivity index (χ2n) is 11.6. The Bertz CT molecular complexity index is 1590. The molecule has 2 fully saturated rings.